The molecule has 168 valence electrons. The number of nitrogens with one attached hydrogen (secondary N) is 2. The number of para-hydroxylation sites is 1. The Kier molecular flexibility index (Phi) is 6.54. The third-order valence-corrected chi connectivity index (χ3v) is 6.37. The summed E-state index contributed by atoms with van der Waals surface area (Å²) >= 11 is 0. The molecule has 4 nitrogen and oxygen atoms in total. The quantitative estimate of drug-likeness (QED) is 0.335. The number of hydrogen-bond acceptors (Lipinski definition) is 4. The fourth-order valence-corrected chi connectivity index (χ4v) is 4.65. The molecule has 0 spiro atoms. The maximum atomic E-state index is 6.38. The summed E-state index contributed by atoms with van der Waals surface area (Å²) in [5.74, 6) is 0.927. The van der Waals surface area contributed by atoms with E-state index in [1.165, 1.54) is 5.56 Å². The fourth-order valence-electron chi connectivity index (χ4n) is 4.65. The topological polar surface area (TPSA) is 46.2 Å². The van der Waals surface area contributed by atoms with Crippen LogP contribution in [-0.4, -0.2) is 17.1 Å². The standard InChI is InChI=1S/C29H31N3O/c1-21-18-29(27-12-5-6-13-28(27)31-21)32-24-10-7-11-26(19-24)33-25-16-14-23(15-17-25)30-20-22-8-3-2-4-9-22/h2-13,18-19,23,25,30H,14-17,20H2,1H3,(H,31,32)/t23-,25-. The van der Waals surface area contributed by atoms with Crippen LogP contribution in [0.4, 0.5) is 11.4 Å². The van der Waals surface area contributed by atoms with Crippen molar-refractivity contribution in [1.82, 2.24) is 10.3 Å². The van der Waals surface area contributed by atoms with Gasteiger partial charge < -0.3 is 15.4 Å². The van der Waals surface area contributed by atoms with E-state index < -0.39 is 0 Å². The molecule has 33 heavy (non-hydrogen) atoms. The number of rotatable bonds is 7. The van der Waals surface area contributed by atoms with Crippen LogP contribution in [0, 0.1) is 6.92 Å². The molecule has 0 unspecified atom stereocenters. The molecule has 1 fully saturated rings. The van der Waals surface area contributed by atoms with E-state index in [4.69, 9.17) is 4.74 Å². The van der Waals surface area contributed by atoms with Crippen LogP contribution in [0.5, 0.6) is 5.75 Å². The van der Waals surface area contributed by atoms with Crippen molar-refractivity contribution in [3.63, 3.8) is 0 Å². The Hall–Kier alpha value is -3.37. The van der Waals surface area contributed by atoms with Gasteiger partial charge in [0, 0.05) is 41.1 Å². The summed E-state index contributed by atoms with van der Waals surface area (Å²) in [5, 5.41) is 8.40. The fraction of sp³-hybridized carbons (Fsp3) is 0.276. The van der Waals surface area contributed by atoms with Gasteiger partial charge in [0.25, 0.3) is 0 Å². The van der Waals surface area contributed by atoms with E-state index in [9.17, 15) is 0 Å². The lowest BCUT2D eigenvalue weighted by Gasteiger charge is -2.29. The molecule has 0 amide bonds. The monoisotopic (exact) mass is 437 g/mol. The molecule has 4 heteroatoms. The van der Waals surface area contributed by atoms with Gasteiger partial charge in [-0.15, -0.1) is 0 Å². The molecule has 3 aromatic carbocycles. The van der Waals surface area contributed by atoms with Crippen LogP contribution < -0.4 is 15.4 Å². The second kappa shape index (κ2) is 10.1. The first-order valence-electron chi connectivity index (χ1n) is 11.9. The zero-order valence-electron chi connectivity index (χ0n) is 19.1. The first kappa shape index (κ1) is 21.5. The molecule has 1 aromatic heterocycles. The second-order valence-electron chi connectivity index (χ2n) is 8.94. The minimum absolute atomic E-state index is 0.277. The van der Waals surface area contributed by atoms with Gasteiger partial charge in [-0.3, -0.25) is 4.98 Å². The van der Waals surface area contributed by atoms with Gasteiger partial charge in [-0.1, -0.05) is 54.6 Å². The van der Waals surface area contributed by atoms with E-state index in [0.29, 0.717) is 6.04 Å². The first-order valence-corrected chi connectivity index (χ1v) is 11.9. The van der Waals surface area contributed by atoms with Crippen LogP contribution in [-0.2, 0) is 6.54 Å². The molecule has 2 N–H and O–H groups in total. The smallest absolute Gasteiger partial charge is 0.121 e. The lowest BCUT2D eigenvalue weighted by molar-refractivity contribution is 0.139. The number of anilines is 2. The number of fused-ring (bicyclic) bond motifs is 1. The highest BCUT2D eigenvalue weighted by Crippen LogP contribution is 2.30. The average Bonchev–Trinajstić information content (AvgIpc) is 2.84. The van der Waals surface area contributed by atoms with Gasteiger partial charge in [0.2, 0.25) is 0 Å². The summed E-state index contributed by atoms with van der Waals surface area (Å²) in [5.41, 5.74) is 5.45. The van der Waals surface area contributed by atoms with Gasteiger partial charge in [0.1, 0.15) is 5.75 Å². The second-order valence-corrected chi connectivity index (χ2v) is 8.94. The predicted octanol–water partition coefficient (Wildman–Crippen LogP) is 6.77. The molecule has 1 heterocycles. The van der Waals surface area contributed by atoms with Crippen molar-refractivity contribution in [2.45, 2.75) is 51.3 Å². The summed E-state index contributed by atoms with van der Waals surface area (Å²) in [6.45, 7) is 2.97. The third-order valence-electron chi connectivity index (χ3n) is 6.37. The SMILES string of the molecule is Cc1cc(Nc2cccc(O[C@H]3CC[C@H](NCc4ccccc4)CC3)c2)c2ccccc2n1. The van der Waals surface area contributed by atoms with E-state index in [2.05, 4.69) is 94.5 Å². The maximum Gasteiger partial charge on any atom is 0.121 e. The molecule has 0 radical (unpaired) electrons. The molecule has 1 aliphatic rings. The van der Waals surface area contributed by atoms with Gasteiger partial charge >= 0.3 is 0 Å². The summed E-state index contributed by atoms with van der Waals surface area (Å²) in [7, 11) is 0. The number of hydrogen-bond donors (Lipinski definition) is 2. The highest BCUT2D eigenvalue weighted by molar-refractivity contribution is 5.93. The van der Waals surface area contributed by atoms with Gasteiger partial charge in [-0.05, 0) is 62.4 Å². The van der Waals surface area contributed by atoms with Crippen LogP contribution in [0.3, 0.4) is 0 Å². The lowest BCUT2D eigenvalue weighted by atomic mass is 9.92. The Morgan fingerprint density at radius 1 is 0.848 bits per heavy atom. The summed E-state index contributed by atoms with van der Waals surface area (Å²) in [4.78, 5) is 4.64. The molecule has 1 saturated carbocycles. The molecule has 0 aliphatic heterocycles. The zero-order valence-corrected chi connectivity index (χ0v) is 19.1. The molecule has 5 rings (SSSR count). The Balaban J connectivity index is 1.18. The third kappa shape index (κ3) is 5.52. The van der Waals surface area contributed by atoms with Crippen molar-refractivity contribution in [3.8, 4) is 5.75 Å². The Morgan fingerprint density at radius 2 is 1.64 bits per heavy atom. The Morgan fingerprint density at radius 3 is 2.48 bits per heavy atom. The minimum Gasteiger partial charge on any atom is -0.490 e. The number of aromatic nitrogens is 1. The number of benzene rings is 3. The number of nitrogens with zero attached hydrogens (tertiary/aromatic N) is 1. The normalized spacial score (nSPS) is 18.2. The molecular formula is C29H31N3O. The molecule has 0 saturated heterocycles. The zero-order chi connectivity index (χ0) is 22.5. The van der Waals surface area contributed by atoms with Crippen LogP contribution in [0.25, 0.3) is 10.9 Å². The Bertz CT molecular complexity index is 1200. The van der Waals surface area contributed by atoms with Gasteiger partial charge in [-0.25, -0.2) is 0 Å². The van der Waals surface area contributed by atoms with Crippen LogP contribution in [0.2, 0.25) is 0 Å². The molecule has 4 aromatic rings. The van der Waals surface area contributed by atoms with E-state index in [1.54, 1.807) is 0 Å². The van der Waals surface area contributed by atoms with Crippen LogP contribution in [0.1, 0.15) is 36.9 Å². The van der Waals surface area contributed by atoms with E-state index in [-0.39, 0.29) is 6.10 Å². The number of ether oxygens (including phenoxy) is 1. The molecule has 1 aliphatic carbocycles. The number of aryl methyl sites for hydroxylation is 1. The van der Waals surface area contributed by atoms with Crippen LogP contribution in [0.15, 0.2) is 84.9 Å². The van der Waals surface area contributed by atoms with E-state index in [0.717, 1.165) is 65.9 Å². The molecule has 0 atom stereocenters. The summed E-state index contributed by atoms with van der Waals surface area (Å²) in [6, 6.07) is 29.8. The molecular weight excluding hydrogens is 406 g/mol. The maximum absolute atomic E-state index is 6.38. The van der Waals surface area contributed by atoms with Gasteiger partial charge in [0.15, 0.2) is 0 Å². The largest absolute Gasteiger partial charge is 0.490 e. The minimum atomic E-state index is 0.277. The van der Waals surface area contributed by atoms with Gasteiger partial charge in [-0.2, -0.15) is 0 Å². The summed E-state index contributed by atoms with van der Waals surface area (Å²) < 4.78 is 6.38. The average molecular weight is 438 g/mol. The van der Waals surface area contributed by atoms with Crippen molar-refractivity contribution in [3.05, 3.63) is 96.2 Å². The van der Waals surface area contributed by atoms with Crippen molar-refractivity contribution >= 4 is 22.3 Å². The van der Waals surface area contributed by atoms with Crippen molar-refractivity contribution < 1.29 is 4.74 Å². The Labute approximate surface area is 196 Å². The van der Waals surface area contributed by atoms with Gasteiger partial charge in [0.05, 0.1) is 11.6 Å². The summed E-state index contributed by atoms with van der Waals surface area (Å²) in [6.07, 6.45) is 4.74. The van der Waals surface area contributed by atoms with Crippen molar-refractivity contribution in [2.75, 3.05) is 5.32 Å². The number of pyridine rings is 1. The predicted molar refractivity (Wildman–Crippen MR) is 136 cm³/mol. The highest BCUT2D eigenvalue weighted by Gasteiger charge is 2.22. The highest BCUT2D eigenvalue weighted by atomic mass is 16.5. The van der Waals surface area contributed by atoms with Crippen LogP contribution >= 0.6 is 0 Å². The lowest BCUT2D eigenvalue weighted by Crippen LogP contribution is -2.35. The van der Waals surface area contributed by atoms with E-state index >= 15 is 0 Å². The molecule has 0 bridgehead atoms. The van der Waals surface area contributed by atoms with Crippen molar-refractivity contribution in [2.24, 2.45) is 0 Å². The van der Waals surface area contributed by atoms with E-state index in [1.807, 2.05) is 13.0 Å². The first-order chi connectivity index (χ1) is 16.2. The van der Waals surface area contributed by atoms with Crippen molar-refractivity contribution in [1.29, 1.82) is 0 Å².